The number of hydrogen-bond donors (Lipinski definition) is 4. The van der Waals surface area contributed by atoms with Crippen molar-refractivity contribution in [2.75, 3.05) is 0 Å². The molecule has 0 aliphatic heterocycles. The van der Waals surface area contributed by atoms with Crippen LogP contribution in [0.2, 0.25) is 0 Å². The van der Waals surface area contributed by atoms with E-state index in [0.29, 0.717) is 11.5 Å². The highest BCUT2D eigenvalue weighted by Crippen LogP contribution is 2.29. The van der Waals surface area contributed by atoms with Crippen molar-refractivity contribution in [1.29, 1.82) is 0 Å². The number of unbranched alkanes of at least 4 members (excludes halogenated alkanes) is 4. The van der Waals surface area contributed by atoms with Crippen molar-refractivity contribution in [3.8, 4) is 11.5 Å². The molecule has 0 fully saturated rings. The van der Waals surface area contributed by atoms with Crippen LogP contribution in [0.5, 0.6) is 11.5 Å². The van der Waals surface area contributed by atoms with E-state index >= 15 is 0 Å². The lowest BCUT2D eigenvalue weighted by Gasteiger charge is -2.14. The SMILES string of the molecule is CCCCc1cc(CC(=O)NNC(=O)Cc2cc(CCCC)c(O)c(CCCC)c2)cc(CCCC)c1O. The summed E-state index contributed by atoms with van der Waals surface area (Å²) >= 11 is 0. The van der Waals surface area contributed by atoms with Crippen molar-refractivity contribution >= 4 is 11.8 Å². The predicted molar refractivity (Wildman–Crippen MR) is 154 cm³/mol. The molecule has 38 heavy (non-hydrogen) atoms. The molecule has 0 radical (unpaired) electrons. The standard InChI is InChI=1S/C32H48N2O4/c1-5-9-13-25-17-23(18-26(31(25)37)14-10-6-2)21-29(35)33-34-30(36)22-24-19-27(15-11-7-3)32(38)28(20-24)16-12-8-4/h17-20,37-38H,5-16,21-22H2,1-4H3,(H,33,35)(H,34,36). The summed E-state index contributed by atoms with van der Waals surface area (Å²) in [6.45, 7) is 8.47. The molecule has 0 atom stereocenters. The lowest BCUT2D eigenvalue weighted by atomic mass is 9.95. The normalized spacial score (nSPS) is 10.9. The van der Waals surface area contributed by atoms with Crippen LogP contribution in [0.25, 0.3) is 0 Å². The Morgan fingerprint density at radius 1 is 0.553 bits per heavy atom. The van der Waals surface area contributed by atoms with E-state index in [2.05, 4.69) is 38.5 Å². The molecule has 2 amide bonds. The predicted octanol–water partition coefficient (Wildman–Crippen LogP) is 6.40. The Morgan fingerprint density at radius 3 is 1.05 bits per heavy atom. The number of hydrazine groups is 1. The third kappa shape index (κ3) is 10.0. The molecule has 210 valence electrons. The second kappa shape index (κ2) is 16.7. The zero-order chi connectivity index (χ0) is 27.9. The Morgan fingerprint density at radius 2 is 0.816 bits per heavy atom. The van der Waals surface area contributed by atoms with Crippen LogP contribution in [0.4, 0.5) is 0 Å². The van der Waals surface area contributed by atoms with E-state index in [-0.39, 0.29) is 24.7 Å². The molecule has 0 aliphatic carbocycles. The van der Waals surface area contributed by atoms with Gasteiger partial charge in [0.2, 0.25) is 11.8 Å². The number of aromatic hydroxyl groups is 2. The maximum Gasteiger partial charge on any atom is 0.242 e. The van der Waals surface area contributed by atoms with E-state index in [1.165, 1.54) is 0 Å². The summed E-state index contributed by atoms with van der Waals surface area (Å²) in [4.78, 5) is 25.3. The molecule has 6 nitrogen and oxygen atoms in total. The molecule has 0 aromatic heterocycles. The van der Waals surface area contributed by atoms with E-state index in [1.54, 1.807) is 0 Å². The fourth-order valence-electron chi connectivity index (χ4n) is 4.70. The summed E-state index contributed by atoms with van der Waals surface area (Å²) in [5.41, 5.74) is 10.3. The highest BCUT2D eigenvalue weighted by atomic mass is 16.3. The Kier molecular flexibility index (Phi) is 13.7. The van der Waals surface area contributed by atoms with Crippen LogP contribution < -0.4 is 10.9 Å². The summed E-state index contributed by atoms with van der Waals surface area (Å²) in [5.74, 6) is 0.111. The average Bonchev–Trinajstić information content (AvgIpc) is 2.90. The molecule has 0 unspecified atom stereocenters. The largest absolute Gasteiger partial charge is 0.507 e. The maximum atomic E-state index is 12.7. The lowest BCUT2D eigenvalue weighted by Crippen LogP contribution is -2.43. The van der Waals surface area contributed by atoms with Crippen LogP contribution in [-0.2, 0) is 48.1 Å². The van der Waals surface area contributed by atoms with Crippen LogP contribution >= 0.6 is 0 Å². The maximum absolute atomic E-state index is 12.7. The first-order valence-corrected chi connectivity index (χ1v) is 14.6. The van der Waals surface area contributed by atoms with Gasteiger partial charge in [-0.25, -0.2) is 0 Å². The van der Waals surface area contributed by atoms with Crippen molar-refractivity contribution in [3.05, 3.63) is 57.6 Å². The molecule has 0 saturated carbocycles. The quantitative estimate of drug-likeness (QED) is 0.191. The van der Waals surface area contributed by atoms with E-state index in [4.69, 9.17) is 0 Å². The van der Waals surface area contributed by atoms with Gasteiger partial charge in [0.05, 0.1) is 12.8 Å². The van der Waals surface area contributed by atoms with Crippen LogP contribution in [0, 0.1) is 0 Å². The van der Waals surface area contributed by atoms with Gasteiger partial charge in [0.1, 0.15) is 11.5 Å². The molecule has 0 bridgehead atoms. The van der Waals surface area contributed by atoms with Crippen LogP contribution in [-0.4, -0.2) is 22.0 Å². The first-order valence-electron chi connectivity index (χ1n) is 14.6. The van der Waals surface area contributed by atoms with E-state index in [0.717, 1.165) is 110 Å². The van der Waals surface area contributed by atoms with Gasteiger partial charge in [0.15, 0.2) is 0 Å². The van der Waals surface area contributed by atoms with Gasteiger partial charge in [-0.2, -0.15) is 0 Å². The van der Waals surface area contributed by atoms with E-state index < -0.39 is 0 Å². The van der Waals surface area contributed by atoms with Crippen LogP contribution in [0.15, 0.2) is 24.3 Å². The molecule has 2 rings (SSSR count). The van der Waals surface area contributed by atoms with Crippen molar-refractivity contribution in [2.45, 2.75) is 118 Å². The van der Waals surface area contributed by atoms with Gasteiger partial charge in [-0.3, -0.25) is 20.4 Å². The van der Waals surface area contributed by atoms with Crippen molar-refractivity contribution in [1.82, 2.24) is 10.9 Å². The number of amides is 2. The van der Waals surface area contributed by atoms with Gasteiger partial charge in [-0.15, -0.1) is 0 Å². The minimum absolute atomic E-state index is 0.125. The molecule has 0 saturated heterocycles. The molecule has 2 aromatic rings. The fourth-order valence-corrected chi connectivity index (χ4v) is 4.70. The molecule has 0 spiro atoms. The second-order valence-electron chi connectivity index (χ2n) is 10.4. The summed E-state index contributed by atoms with van der Waals surface area (Å²) in [6, 6.07) is 7.64. The summed E-state index contributed by atoms with van der Waals surface area (Å²) in [5, 5.41) is 21.4. The molecule has 0 heterocycles. The zero-order valence-electron chi connectivity index (χ0n) is 23.9. The van der Waals surface area contributed by atoms with E-state index in [1.807, 2.05) is 24.3 Å². The molecule has 0 aliphatic rings. The number of rotatable bonds is 16. The monoisotopic (exact) mass is 524 g/mol. The second-order valence-corrected chi connectivity index (χ2v) is 10.4. The summed E-state index contributed by atoms with van der Waals surface area (Å²) in [6.07, 6.45) is 11.4. The van der Waals surface area contributed by atoms with Gasteiger partial charge < -0.3 is 10.2 Å². The smallest absolute Gasteiger partial charge is 0.242 e. The van der Waals surface area contributed by atoms with Gasteiger partial charge >= 0.3 is 0 Å². The molecular formula is C32H48N2O4. The topological polar surface area (TPSA) is 98.7 Å². The Balaban J connectivity index is 2.05. The molecule has 2 aromatic carbocycles. The van der Waals surface area contributed by atoms with Gasteiger partial charge in [0, 0.05) is 0 Å². The van der Waals surface area contributed by atoms with Crippen molar-refractivity contribution in [3.63, 3.8) is 0 Å². The molecular weight excluding hydrogens is 476 g/mol. The number of phenols is 2. The van der Waals surface area contributed by atoms with Crippen molar-refractivity contribution < 1.29 is 19.8 Å². The number of phenolic OH excluding ortho intramolecular Hbond substituents is 2. The number of carbonyl (C=O) groups excluding carboxylic acids is 2. The first kappa shape index (κ1) is 31.2. The zero-order valence-corrected chi connectivity index (χ0v) is 23.9. The van der Waals surface area contributed by atoms with E-state index in [9.17, 15) is 19.8 Å². The number of hydrogen-bond acceptors (Lipinski definition) is 4. The fraction of sp³-hybridized carbons (Fsp3) is 0.562. The number of nitrogens with one attached hydrogen (secondary N) is 2. The highest BCUT2D eigenvalue weighted by molar-refractivity contribution is 5.84. The van der Waals surface area contributed by atoms with Crippen LogP contribution in [0.1, 0.15) is 112 Å². The number of benzene rings is 2. The first-order chi connectivity index (χ1) is 18.3. The lowest BCUT2D eigenvalue weighted by molar-refractivity contribution is -0.128. The highest BCUT2D eigenvalue weighted by Gasteiger charge is 2.15. The molecule has 6 heteroatoms. The number of aryl methyl sites for hydroxylation is 4. The third-order valence-corrected chi connectivity index (χ3v) is 6.92. The average molecular weight is 525 g/mol. The van der Waals surface area contributed by atoms with Crippen LogP contribution in [0.3, 0.4) is 0 Å². The molecule has 4 N–H and O–H groups in total. The van der Waals surface area contributed by atoms with Gasteiger partial charge in [-0.05, 0) is 84.7 Å². The Labute approximate surface area is 229 Å². The Bertz CT molecular complexity index is 906. The van der Waals surface area contributed by atoms with Crippen molar-refractivity contribution in [2.24, 2.45) is 0 Å². The minimum Gasteiger partial charge on any atom is -0.507 e. The number of carbonyl (C=O) groups is 2. The van der Waals surface area contributed by atoms with Gasteiger partial charge in [0.25, 0.3) is 0 Å². The third-order valence-electron chi connectivity index (χ3n) is 6.92. The minimum atomic E-state index is -0.301. The summed E-state index contributed by atoms with van der Waals surface area (Å²) < 4.78 is 0. The Hall–Kier alpha value is -3.02. The summed E-state index contributed by atoms with van der Waals surface area (Å²) in [7, 11) is 0. The van der Waals surface area contributed by atoms with Gasteiger partial charge in [-0.1, -0.05) is 77.6 Å².